The molecule has 1 fully saturated rings. The Hall–Kier alpha value is -0.910. The first-order chi connectivity index (χ1) is 10.0. The zero-order valence-electron chi connectivity index (χ0n) is 12.9. The van der Waals surface area contributed by atoms with Crippen LogP contribution in [-0.2, 0) is 11.2 Å². The summed E-state index contributed by atoms with van der Waals surface area (Å²) in [6.07, 6.45) is 1.54. The summed E-state index contributed by atoms with van der Waals surface area (Å²) in [7, 11) is 5.77. The van der Waals surface area contributed by atoms with Gasteiger partial charge in [0.25, 0.3) is 0 Å². The van der Waals surface area contributed by atoms with Crippen LogP contribution >= 0.6 is 15.9 Å². The summed E-state index contributed by atoms with van der Waals surface area (Å²) < 4.78 is 6.20. The first-order valence-electron chi connectivity index (χ1n) is 7.25. The maximum atomic E-state index is 12.7. The van der Waals surface area contributed by atoms with Crippen molar-refractivity contribution in [2.75, 3.05) is 40.8 Å². The number of carbonyl (C=O) groups is 1. The van der Waals surface area contributed by atoms with E-state index in [9.17, 15) is 4.79 Å². The number of Topliss-reactive ketones (excluding diaryl/α,β-unsaturated/α-hetero) is 1. The molecule has 0 radical (unpaired) electrons. The molecule has 1 aromatic carbocycles. The Balaban J connectivity index is 2.12. The molecule has 1 atom stereocenters. The lowest BCUT2D eigenvalue weighted by Crippen LogP contribution is -2.44. The van der Waals surface area contributed by atoms with E-state index in [-0.39, 0.29) is 11.8 Å². The van der Waals surface area contributed by atoms with Crippen molar-refractivity contribution in [2.45, 2.75) is 18.9 Å². The van der Waals surface area contributed by atoms with E-state index >= 15 is 0 Å². The van der Waals surface area contributed by atoms with Crippen molar-refractivity contribution >= 4 is 21.7 Å². The van der Waals surface area contributed by atoms with Gasteiger partial charge in [0.1, 0.15) is 5.75 Å². The van der Waals surface area contributed by atoms with Crippen molar-refractivity contribution in [1.29, 1.82) is 0 Å². The highest BCUT2D eigenvalue weighted by atomic mass is 79.9. The summed E-state index contributed by atoms with van der Waals surface area (Å²) in [4.78, 5) is 17.1. The Morgan fingerprint density at radius 2 is 2.14 bits per heavy atom. The molecule has 5 heteroatoms. The van der Waals surface area contributed by atoms with Gasteiger partial charge in [0.05, 0.1) is 13.2 Å². The molecular weight excluding hydrogens is 332 g/mol. The standard InChI is InChI=1S/C16H23BrN2O2/c1-18-7-4-8-19(2)15(11-18)16(20)10-12-9-13(21-3)5-6-14(12)17/h5-6,9,15H,4,7-8,10-11H2,1-3H3. The Morgan fingerprint density at radius 3 is 2.86 bits per heavy atom. The highest BCUT2D eigenvalue weighted by molar-refractivity contribution is 9.10. The smallest absolute Gasteiger partial charge is 0.155 e. The number of ketones is 1. The van der Waals surface area contributed by atoms with Gasteiger partial charge in [-0.3, -0.25) is 9.69 Å². The van der Waals surface area contributed by atoms with E-state index in [1.165, 1.54) is 0 Å². The van der Waals surface area contributed by atoms with Gasteiger partial charge in [-0.1, -0.05) is 15.9 Å². The van der Waals surface area contributed by atoms with Crippen LogP contribution < -0.4 is 4.74 Å². The number of nitrogens with zero attached hydrogens (tertiary/aromatic N) is 2. The molecule has 1 aromatic rings. The van der Waals surface area contributed by atoms with Gasteiger partial charge >= 0.3 is 0 Å². The molecule has 1 heterocycles. The third-order valence-electron chi connectivity index (χ3n) is 4.06. The van der Waals surface area contributed by atoms with Gasteiger partial charge in [-0.2, -0.15) is 0 Å². The molecule has 2 rings (SSSR count). The van der Waals surface area contributed by atoms with Crippen molar-refractivity contribution in [3.63, 3.8) is 0 Å². The van der Waals surface area contributed by atoms with E-state index in [1.54, 1.807) is 7.11 Å². The SMILES string of the molecule is COc1ccc(Br)c(CC(=O)C2CN(C)CCCN2C)c1. The number of halogens is 1. The minimum absolute atomic E-state index is 0.0319. The second-order valence-electron chi connectivity index (χ2n) is 5.71. The molecule has 4 nitrogen and oxygen atoms in total. The van der Waals surface area contributed by atoms with Crippen LogP contribution in [-0.4, -0.2) is 62.5 Å². The minimum atomic E-state index is -0.0319. The van der Waals surface area contributed by atoms with Crippen molar-refractivity contribution in [3.05, 3.63) is 28.2 Å². The molecular formula is C16H23BrN2O2. The molecule has 1 aliphatic rings. The molecule has 1 unspecified atom stereocenters. The summed E-state index contributed by atoms with van der Waals surface area (Å²) in [5, 5.41) is 0. The maximum Gasteiger partial charge on any atom is 0.155 e. The summed E-state index contributed by atoms with van der Waals surface area (Å²) in [6.45, 7) is 2.83. The molecule has 0 amide bonds. The Bertz CT molecular complexity index is 507. The van der Waals surface area contributed by atoms with Gasteiger partial charge < -0.3 is 9.64 Å². The van der Waals surface area contributed by atoms with Gasteiger partial charge in [-0.05, 0) is 57.4 Å². The molecule has 0 aromatic heterocycles. The molecule has 21 heavy (non-hydrogen) atoms. The summed E-state index contributed by atoms with van der Waals surface area (Å²) in [6, 6.07) is 5.73. The zero-order valence-corrected chi connectivity index (χ0v) is 14.5. The second kappa shape index (κ2) is 7.38. The van der Waals surface area contributed by atoms with Crippen LogP contribution in [0.5, 0.6) is 5.75 Å². The molecule has 0 N–H and O–H groups in total. The number of benzene rings is 1. The summed E-state index contributed by atoms with van der Waals surface area (Å²) >= 11 is 3.52. The largest absolute Gasteiger partial charge is 0.497 e. The number of carbonyl (C=O) groups excluding carboxylic acids is 1. The Kier molecular flexibility index (Phi) is 5.79. The molecule has 0 saturated carbocycles. The zero-order chi connectivity index (χ0) is 15.4. The Morgan fingerprint density at radius 1 is 1.38 bits per heavy atom. The van der Waals surface area contributed by atoms with Crippen molar-refractivity contribution in [2.24, 2.45) is 0 Å². The third kappa shape index (κ3) is 4.28. The van der Waals surface area contributed by atoms with Crippen LogP contribution in [0.2, 0.25) is 0 Å². The Labute approximate surface area is 135 Å². The van der Waals surface area contributed by atoms with Crippen molar-refractivity contribution < 1.29 is 9.53 Å². The number of rotatable bonds is 4. The first-order valence-corrected chi connectivity index (χ1v) is 8.04. The van der Waals surface area contributed by atoms with E-state index < -0.39 is 0 Å². The molecule has 0 bridgehead atoms. The fraction of sp³-hybridized carbons (Fsp3) is 0.562. The number of likely N-dealkylation sites (N-methyl/N-ethyl adjacent to an activating group) is 2. The van der Waals surface area contributed by atoms with Crippen LogP contribution in [0.4, 0.5) is 0 Å². The van der Waals surface area contributed by atoms with Crippen LogP contribution in [0.25, 0.3) is 0 Å². The predicted molar refractivity (Wildman–Crippen MR) is 87.9 cm³/mol. The molecule has 1 saturated heterocycles. The molecule has 0 spiro atoms. The number of hydrogen-bond acceptors (Lipinski definition) is 4. The van der Waals surface area contributed by atoms with Gasteiger partial charge in [-0.15, -0.1) is 0 Å². The van der Waals surface area contributed by atoms with Crippen LogP contribution in [0, 0.1) is 0 Å². The van der Waals surface area contributed by atoms with E-state index in [4.69, 9.17) is 4.74 Å². The predicted octanol–water partition coefficient (Wildman–Crippen LogP) is 2.21. The quantitative estimate of drug-likeness (QED) is 0.829. The molecule has 116 valence electrons. The number of methoxy groups -OCH3 is 1. The average molecular weight is 355 g/mol. The van der Waals surface area contributed by atoms with Gasteiger partial charge in [0, 0.05) is 17.4 Å². The lowest BCUT2D eigenvalue weighted by atomic mass is 10.0. The van der Waals surface area contributed by atoms with Crippen LogP contribution in [0.3, 0.4) is 0 Å². The fourth-order valence-corrected chi connectivity index (χ4v) is 3.13. The number of hydrogen-bond donors (Lipinski definition) is 0. The third-order valence-corrected chi connectivity index (χ3v) is 4.83. The topological polar surface area (TPSA) is 32.8 Å². The summed E-state index contributed by atoms with van der Waals surface area (Å²) in [5.74, 6) is 1.05. The maximum absolute atomic E-state index is 12.7. The van der Waals surface area contributed by atoms with Crippen molar-refractivity contribution in [1.82, 2.24) is 9.80 Å². The van der Waals surface area contributed by atoms with E-state index in [0.29, 0.717) is 6.42 Å². The highest BCUT2D eigenvalue weighted by Crippen LogP contribution is 2.24. The second-order valence-corrected chi connectivity index (χ2v) is 6.57. The van der Waals surface area contributed by atoms with Gasteiger partial charge in [0.15, 0.2) is 5.78 Å². The highest BCUT2D eigenvalue weighted by Gasteiger charge is 2.27. The van der Waals surface area contributed by atoms with E-state index in [2.05, 4.69) is 32.8 Å². The first kappa shape index (κ1) is 16.5. The average Bonchev–Trinajstić information content (AvgIpc) is 2.62. The number of ether oxygens (including phenoxy) is 1. The van der Waals surface area contributed by atoms with Crippen LogP contribution in [0.15, 0.2) is 22.7 Å². The molecule has 0 aliphatic carbocycles. The summed E-state index contributed by atoms with van der Waals surface area (Å²) in [5.41, 5.74) is 0.986. The monoisotopic (exact) mass is 354 g/mol. The normalized spacial score (nSPS) is 21.0. The lowest BCUT2D eigenvalue weighted by Gasteiger charge is -2.26. The lowest BCUT2D eigenvalue weighted by molar-refractivity contribution is -0.123. The molecule has 1 aliphatic heterocycles. The van der Waals surface area contributed by atoms with E-state index in [0.717, 1.165) is 41.8 Å². The van der Waals surface area contributed by atoms with Gasteiger partial charge in [0.2, 0.25) is 0 Å². The fourth-order valence-electron chi connectivity index (χ4n) is 2.74. The van der Waals surface area contributed by atoms with E-state index in [1.807, 2.05) is 25.2 Å². The minimum Gasteiger partial charge on any atom is -0.497 e. The van der Waals surface area contributed by atoms with Gasteiger partial charge in [-0.25, -0.2) is 0 Å². The van der Waals surface area contributed by atoms with Crippen LogP contribution in [0.1, 0.15) is 12.0 Å². The van der Waals surface area contributed by atoms with Crippen molar-refractivity contribution in [3.8, 4) is 5.75 Å².